The zero-order chi connectivity index (χ0) is 13.1. The fraction of sp³-hybridized carbons (Fsp3) is 0.625. The van der Waals surface area contributed by atoms with Crippen molar-refractivity contribution < 1.29 is 4.74 Å². The molecular formula is C16H28O. The average molecular weight is 236 g/mol. The highest BCUT2D eigenvalue weighted by Gasteiger charge is 1.97. The van der Waals surface area contributed by atoms with Gasteiger partial charge in [-0.05, 0) is 36.5 Å². The number of ether oxygens (including phenoxy) is 1. The summed E-state index contributed by atoms with van der Waals surface area (Å²) in [4.78, 5) is 0. The van der Waals surface area contributed by atoms with Gasteiger partial charge in [0.15, 0.2) is 0 Å². The SMILES string of the molecule is CC.CCCc1ccc(OCCC(C)C)cc1. The molecule has 0 saturated carbocycles. The molecule has 0 aliphatic heterocycles. The van der Waals surface area contributed by atoms with Crippen molar-refractivity contribution >= 4 is 0 Å². The van der Waals surface area contributed by atoms with Crippen molar-refractivity contribution in [2.75, 3.05) is 6.61 Å². The van der Waals surface area contributed by atoms with Crippen LogP contribution in [0.3, 0.4) is 0 Å². The van der Waals surface area contributed by atoms with Crippen LogP contribution in [-0.2, 0) is 6.42 Å². The Balaban J connectivity index is 0.00000121. The molecule has 1 nitrogen and oxygen atoms in total. The summed E-state index contributed by atoms with van der Waals surface area (Å²) in [5.41, 5.74) is 1.40. The van der Waals surface area contributed by atoms with E-state index >= 15 is 0 Å². The summed E-state index contributed by atoms with van der Waals surface area (Å²) in [7, 11) is 0. The van der Waals surface area contributed by atoms with E-state index < -0.39 is 0 Å². The first-order chi connectivity index (χ1) is 8.22. The standard InChI is InChI=1S/C14H22O.C2H6/c1-4-5-13-6-8-14(9-7-13)15-11-10-12(2)3;1-2/h6-9,12H,4-5,10-11H2,1-3H3;1-2H3. The van der Waals surface area contributed by atoms with Crippen molar-refractivity contribution in [3.05, 3.63) is 29.8 Å². The maximum absolute atomic E-state index is 5.65. The number of hydrogen-bond donors (Lipinski definition) is 0. The van der Waals surface area contributed by atoms with Crippen LogP contribution >= 0.6 is 0 Å². The molecule has 0 spiro atoms. The number of aryl methyl sites for hydroxylation is 1. The summed E-state index contributed by atoms with van der Waals surface area (Å²) in [5.74, 6) is 1.71. The first kappa shape index (κ1) is 16.0. The van der Waals surface area contributed by atoms with Crippen LogP contribution < -0.4 is 4.74 Å². The van der Waals surface area contributed by atoms with E-state index in [-0.39, 0.29) is 0 Å². The first-order valence-electron chi connectivity index (χ1n) is 6.94. The Hall–Kier alpha value is -0.980. The molecule has 0 atom stereocenters. The van der Waals surface area contributed by atoms with E-state index in [1.54, 1.807) is 0 Å². The van der Waals surface area contributed by atoms with Gasteiger partial charge in [0.25, 0.3) is 0 Å². The summed E-state index contributed by atoms with van der Waals surface area (Å²) in [5, 5.41) is 0. The average Bonchev–Trinajstić information content (AvgIpc) is 2.34. The topological polar surface area (TPSA) is 9.23 Å². The Labute approximate surface area is 107 Å². The van der Waals surface area contributed by atoms with Gasteiger partial charge in [-0.3, -0.25) is 0 Å². The molecule has 0 N–H and O–H groups in total. The Morgan fingerprint density at radius 3 is 2.12 bits per heavy atom. The molecule has 1 rings (SSSR count). The minimum Gasteiger partial charge on any atom is -0.494 e. The quantitative estimate of drug-likeness (QED) is 0.668. The summed E-state index contributed by atoms with van der Waals surface area (Å²) >= 11 is 0. The summed E-state index contributed by atoms with van der Waals surface area (Å²) in [6, 6.07) is 8.47. The van der Waals surface area contributed by atoms with Gasteiger partial charge in [0.2, 0.25) is 0 Å². The lowest BCUT2D eigenvalue weighted by atomic mass is 10.1. The van der Waals surface area contributed by atoms with E-state index in [1.165, 1.54) is 12.0 Å². The molecule has 1 aromatic rings. The fourth-order valence-corrected chi connectivity index (χ4v) is 1.45. The van der Waals surface area contributed by atoms with Crippen molar-refractivity contribution in [1.29, 1.82) is 0 Å². The Morgan fingerprint density at radius 1 is 1.06 bits per heavy atom. The molecule has 0 saturated heterocycles. The minimum absolute atomic E-state index is 0.712. The van der Waals surface area contributed by atoms with E-state index in [2.05, 4.69) is 45.0 Å². The molecule has 1 aromatic carbocycles. The van der Waals surface area contributed by atoms with Crippen molar-refractivity contribution in [3.63, 3.8) is 0 Å². The lowest BCUT2D eigenvalue weighted by Crippen LogP contribution is -2.01. The van der Waals surface area contributed by atoms with Gasteiger partial charge in [-0.1, -0.05) is 53.2 Å². The Kier molecular flexibility index (Phi) is 9.60. The van der Waals surface area contributed by atoms with Gasteiger partial charge < -0.3 is 4.74 Å². The molecule has 0 fully saturated rings. The van der Waals surface area contributed by atoms with Crippen LogP contribution in [0, 0.1) is 5.92 Å². The predicted octanol–water partition coefficient (Wildman–Crippen LogP) is 5.09. The van der Waals surface area contributed by atoms with Gasteiger partial charge in [0, 0.05) is 0 Å². The molecule has 1 heteroatoms. The van der Waals surface area contributed by atoms with Gasteiger partial charge in [-0.2, -0.15) is 0 Å². The second kappa shape index (κ2) is 10.2. The molecule has 0 heterocycles. The van der Waals surface area contributed by atoms with Crippen LogP contribution in [0.5, 0.6) is 5.75 Å². The smallest absolute Gasteiger partial charge is 0.119 e. The fourth-order valence-electron chi connectivity index (χ4n) is 1.45. The first-order valence-corrected chi connectivity index (χ1v) is 6.94. The minimum atomic E-state index is 0.712. The van der Waals surface area contributed by atoms with Crippen molar-refractivity contribution in [1.82, 2.24) is 0 Å². The highest BCUT2D eigenvalue weighted by Crippen LogP contribution is 2.14. The molecule has 17 heavy (non-hydrogen) atoms. The molecular weight excluding hydrogens is 208 g/mol. The summed E-state index contributed by atoms with van der Waals surface area (Å²) < 4.78 is 5.65. The molecule has 0 bridgehead atoms. The lowest BCUT2D eigenvalue weighted by molar-refractivity contribution is 0.289. The Morgan fingerprint density at radius 2 is 1.65 bits per heavy atom. The number of hydrogen-bond acceptors (Lipinski definition) is 1. The van der Waals surface area contributed by atoms with Crippen LogP contribution in [0.4, 0.5) is 0 Å². The van der Waals surface area contributed by atoms with Crippen LogP contribution in [0.2, 0.25) is 0 Å². The van der Waals surface area contributed by atoms with Gasteiger partial charge in [0.05, 0.1) is 6.61 Å². The monoisotopic (exact) mass is 236 g/mol. The van der Waals surface area contributed by atoms with E-state index in [4.69, 9.17) is 4.74 Å². The second-order valence-corrected chi connectivity index (χ2v) is 4.42. The lowest BCUT2D eigenvalue weighted by Gasteiger charge is -2.08. The number of benzene rings is 1. The van der Waals surface area contributed by atoms with E-state index in [9.17, 15) is 0 Å². The molecule has 98 valence electrons. The Bertz CT molecular complexity index is 261. The zero-order valence-electron chi connectivity index (χ0n) is 12.1. The van der Waals surface area contributed by atoms with Gasteiger partial charge in [-0.25, -0.2) is 0 Å². The van der Waals surface area contributed by atoms with E-state index in [0.717, 1.165) is 25.2 Å². The van der Waals surface area contributed by atoms with Gasteiger partial charge in [0.1, 0.15) is 5.75 Å². The zero-order valence-corrected chi connectivity index (χ0v) is 12.1. The summed E-state index contributed by atoms with van der Waals surface area (Å²) in [6.07, 6.45) is 3.48. The van der Waals surface area contributed by atoms with Crippen LogP contribution in [0.1, 0.15) is 53.0 Å². The normalized spacial score (nSPS) is 9.76. The maximum Gasteiger partial charge on any atom is 0.119 e. The predicted molar refractivity (Wildman–Crippen MR) is 76.7 cm³/mol. The third-order valence-electron chi connectivity index (χ3n) is 2.43. The van der Waals surface area contributed by atoms with E-state index in [0.29, 0.717) is 5.92 Å². The van der Waals surface area contributed by atoms with Crippen LogP contribution in [0.15, 0.2) is 24.3 Å². The summed E-state index contributed by atoms with van der Waals surface area (Å²) in [6.45, 7) is 11.5. The second-order valence-electron chi connectivity index (χ2n) is 4.42. The highest BCUT2D eigenvalue weighted by atomic mass is 16.5. The van der Waals surface area contributed by atoms with Crippen molar-refractivity contribution in [2.45, 2.75) is 53.9 Å². The maximum atomic E-state index is 5.65. The van der Waals surface area contributed by atoms with Gasteiger partial charge in [-0.15, -0.1) is 0 Å². The molecule has 0 aliphatic carbocycles. The third kappa shape index (κ3) is 7.84. The molecule has 0 aliphatic rings. The van der Waals surface area contributed by atoms with Gasteiger partial charge >= 0.3 is 0 Å². The van der Waals surface area contributed by atoms with Crippen molar-refractivity contribution in [2.24, 2.45) is 5.92 Å². The third-order valence-corrected chi connectivity index (χ3v) is 2.43. The van der Waals surface area contributed by atoms with Crippen LogP contribution in [-0.4, -0.2) is 6.61 Å². The van der Waals surface area contributed by atoms with Crippen LogP contribution in [0.25, 0.3) is 0 Å². The molecule has 0 radical (unpaired) electrons. The molecule has 0 unspecified atom stereocenters. The van der Waals surface area contributed by atoms with Crippen molar-refractivity contribution in [3.8, 4) is 5.75 Å². The molecule has 0 amide bonds. The van der Waals surface area contributed by atoms with E-state index in [1.807, 2.05) is 13.8 Å². The largest absolute Gasteiger partial charge is 0.494 e. The number of rotatable bonds is 6. The highest BCUT2D eigenvalue weighted by molar-refractivity contribution is 5.27. The molecule has 0 aromatic heterocycles.